The summed E-state index contributed by atoms with van der Waals surface area (Å²) in [4.78, 5) is 14.7. The van der Waals surface area contributed by atoms with Crippen molar-refractivity contribution < 1.29 is 17.6 Å². The van der Waals surface area contributed by atoms with Crippen LogP contribution in [0, 0.1) is 12.7 Å². The quantitative estimate of drug-likeness (QED) is 0.806. The van der Waals surface area contributed by atoms with Gasteiger partial charge in [0.05, 0.1) is 4.90 Å². The van der Waals surface area contributed by atoms with Gasteiger partial charge in [0.15, 0.2) is 0 Å². The Morgan fingerprint density at radius 1 is 1.21 bits per heavy atom. The fourth-order valence-corrected chi connectivity index (χ4v) is 4.72. The Morgan fingerprint density at radius 2 is 1.96 bits per heavy atom. The average molecular weight is 405 g/mol. The van der Waals surface area contributed by atoms with Gasteiger partial charge in [-0.3, -0.25) is 9.52 Å². The molecule has 2 aromatic rings. The molecule has 1 heterocycles. The Bertz CT molecular complexity index is 991. The number of carbonyl (C=O) groups is 1. The number of likely N-dealkylation sites (tertiary alicyclic amines) is 1. The summed E-state index contributed by atoms with van der Waals surface area (Å²) in [6, 6.07) is 10.6. The highest BCUT2D eigenvalue weighted by atomic mass is 32.2. The van der Waals surface area contributed by atoms with Crippen molar-refractivity contribution in [3.05, 3.63) is 59.4 Å². The molecule has 3 rings (SSSR count). The number of aryl methyl sites for hydroxylation is 1. The van der Waals surface area contributed by atoms with E-state index in [0.29, 0.717) is 11.1 Å². The number of nitrogens with zero attached hydrogens (tertiary/aromatic N) is 1. The van der Waals surface area contributed by atoms with E-state index in [1.807, 2.05) is 11.8 Å². The molecule has 28 heavy (non-hydrogen) atoms. The molecule has 0 radical (unpaired) electrons. The van der Waals surface area contributed by atoms with Gasteiger partial charge in [-0.1, -0.05) is 19.1 Å². The fraction of sp³-hybridized carbons (Fsp3) is 0.381. The van der Waals surface area contributed by atoms with Crippen LogP contribution in [0.25, 0.3) is 0 Å². The van der Waals surface area contributed by atoms with Crippen LogP contribution in [0.2, 0.25) is 0 Å². The van der Waals surface area contributed by atoms with Gasteiger partial charge in [0.2, 0.25) is 0 Å². The second-order valence-corrected chi connectivity index (χ2v) is 8.98. The number of sulfonamides is 1. The van der Waals surface area contributed by atoms with Crippen LogP contribution >= 0.6 is 0 Å². The zero-order chi connectivity index (χ0) is 20.5. The van der Waals surface area contributed by atoms with E-state index in [4.69, 9.17) is 0 Å². The number of nitrogens with one attached hydrogen (secondary N) is 1. The first-order valence-corrected chi connectivity index (χ1v) is 10.9. The van der Waals surface area contributed by atoms with E-state index in [9.17, 15) is 17.6 Å². The normalized spacial score (nSPS) is 19.6. The number of halogens is 1. The predicted octanol–water partition coefficient (Wildman–Crippen LogP) is 4.34. The van der Waals surface area contributed by atoms with Gasteiger partial charge in [-0.05, 0) is 69.0 Å². The molecule has 0 saturated carbocycles. The lowest BCUT2D eigenvalue weighted by Crippen LogP contribution is -2.39. The maximum atomic E-state index is 13.8. The highest BCUT2D eigenvalue weighted by molar-refractivity contribution is 7.92. The summed E-state index contributed by atoms with van der Waals surface area (Å²) in [6.45, 7) is 5.66. The number of hydrogen-bond acceptors (Lipinski definition) is 3. The molecule has 0 bridgehead atoms. The molecule has 2 aromatic carbocycles. The van der Waals surface area contributed by atoms with Crippen molar-refractivity contribution in [2.45, 2.75) is 57.0 Å². The first kappa shape index (κ1) is 20.3. The Kier molecular flexibility index (Phi) is 5.74. The molecule has 0 aromatic heterocycles. The van der Waals surface area contributed by atoms with E-state index in [2.05, 4.69) is 11.6 Å². The van der Waals surface area contributed by atoms with Gasteiger partial charge >= 0.3 is 0 Å². The van der Waals surface area contributed by atoms with Crippen LogP contribution in [0.5, 0.6) is 0 Å². The van der Waals surface area contributed by atoms with Crippen molar-refractivity contribution in [1.82, 2.24) is 4.90 Å². The third kappa shape index (κ3) is 4.04. The van der Waals surface area contributed by atoms with Crippen molar-refractivity contribution in [2.24, 2.45) is 0 Å². The minimum Gasteiger partial charge on any atom is -0.333 e. The monoisotopic (exact) mass is 404 g/mol. The molecule has 7 heteroatoms. The van der Waals surface area contributed by atoms with Gasteiger partial charge in [-0.15, -0.1) is 0 Å². The first-order valence-electron chi connectivity index (χ1n) is 9.44. The number of hydrogen-bond donors (Lipinski definition) is 1. The van der Waals surface area contributed by atoms with Crippen molar-refractivity contribution in [3.8, 4) is 0 Å². The topological polar surface area (TPSA) is 66.5 Å². The van der Waals surface area contributed by atoms with Gasteiger partial charge in [-0.25, -0.2) is 12.8 Å². The van der Waals surface area contributed by atoms with Crippen LogP contribution < -0.4 is 4.72 Å². The summed E-state index contributed by atoms with van der Waals surface area (Å²) >= 11 is 0. The van der Waals surface area contributed by atoms with E-state index >= 15 is 0 Å². The molecule has 2 atom stereocenters. The molecule has 1 aliphatic heterocycles. The minimum atomic E-state index is -3.96. The van der Waals surface area contributed by atoms with E-state index in [1.165, 1.54) is 18.2 Å². The summed E-state index contributed by atoms with van der Waals surface area (Å²) in [5, 5.41) is 0. The fourth-order valence-electron chi connectivity index (χ4n) is 3.66. The standard InChI is InChI=1S/C21H25FN2O3S/c1-4-18-10-9-15(3)24(18)21(25)16-6-5-7-17(12-16)23-28(26,27)19-11-8-14(2)20(22)13-19/h5-8,11-13,15,18,23H,4,9-10H2,1-3H3/t15-,18-/m0/s1. The molecule has 150 valence electrons. The van der Waals surface area contributed by atoms with Crippen molar-refractivity contribution >= 4 is 21.6 Å². The number of anilines is 1. The second kappa shape index (κ2) is 7.91. The summed E-state index contributed by atoms with van der Waals surface area (Å²) in [6.07, 6.45) is 2.84. The van der Waals surface area contributed by atoms with Crippen LogP contribution in [0.15, 0.2) is 47.4 Å². The molecular weight excluding hydrogens is 379 g/mol. The second-order valence-electron chi connectivity index (χ2n) is 7.30. The van der Waals surface area contributed by atoms with Gasteiger partial charge in [-0.2, -0.15) is 0 Å². The van der Waals surface area contributed by atoms with Gasteiger partial charge in [0.25, 0.3) is 15.9 Å². The molecule has 5 nitrogen and oxygen atoms in total. The van der Waals surface area contributed by atoms with Crippen LogP contribution in [0.3, 0.4) is 0 Å². The zero-order valence-electron chi connectivity index (χ0n) is 16.3. The number of benzene rings is 2. The van der Waals surface area contributed by atoms with Crippen molar-refractivity contribution in [3.63, 3.8) is 0 Å². The Balaban J connectivity index is 1.85. The largest absolute Gasteiger partial charge is 0.333 e. The Morgan fingerprint density at radius 3 is 2.64 bits per heavy atom. The highest BCUT2D eigenvalue weighted by Gasteiger charge is 2.33. The molecular formula is C21H25FN2O3S. The van der Waals surface area contributed by atoms with Gasteiger partial charge < -0.3 is 4.90 Å². The van der Waals surface area contributed by atoms with Crippen LogP contribution in [-0.2, 0) is 10.0 Å². The zero-order valence-corrected chi connectivity index (χ0v) is 17.1. The average Bonchev–Trinajstić information content (AvgIpc) is 3.03. The molecule has 0 unspecified atom stereocenters. The first-order chi connectivity index (χ1) is 13.2. The summed E-state index contributed by atoms with van der Waals surface area (Å²) < 4.78 is 41.4. The van der Waals surface area contributed by atoms with Crippen molar-refractivity contribution in [2.75, 3.05) is 4.72 Å². The lowest BCUT2D eigenvalue weighted by Gasteiger charge is -2.28. The molecule has 1 aliphatic rings. The third-order valence-electron chi connectivity index (χ3n) is 5.31. The summed E-state index contributed by atoms with van der Waals surface area (Å²) in [7, 11) is -3.96. The third-order valence-corrected chi connectivity index (χ3v) is 6.69. The van der Waals surface area contributed by atoms with E-state index < -0.39 is 15.8 Å². The van der Waals surface area contributed by atoms with E-state index in [0.717, 1.165) is 25.3 Å². The maximum Gasteiger partial charge on any atom is 0.261 e. The maximum absolute atomic E-state index is 13.8. The summed E-state index contributed by atoms with van der Waals surface area (Å²) in [5.41, 5.74) is 1.07. The molecule has 1 N–H and O–H groups in total. The Labute approximate surface area is 165 Å². The molecule has 0 spiro atoms. The van der Waals surface area contributed by atoms with E-state index in [-0.39, 0.29) is 28.6 Å². The van der Waals surface area contributed by atoms with Gasteiger partial charge in [0.1, 0.15) is 5.82 Å². The highest BCUT2D eigenvalue weighted by Crippen LogP contribution is 2.28. The number of carbonyl (C=O) groups excluding carboxylic acids is 1. The number of rotatable bonds is 5. The lowest BCUT2D eigenvalue weighted by molar-refractivity contribution is 0.0676. The molecule has 1 fully saturated rings. The SMILES string of the molecule is CC[C@H]1CC[C@H](C)N1C(=O)c1cccc(NS(=O)(=O)c2ccc(C)c(F)c2)c1. The van der Waals surface area contributed by atoms with Crippen LogP contribution in [0.4, 0.5) is 10.1 Å². The lowest BCUT2D eigenvalue weighted by atomic mass is 10.1. The molecule has 1 amide bonds. The minimum absolute atomic E-state index is 0.0979. The Hall–Kier alpha value is -2.41. The molecule has 1 saturated heterocycles. The predicted molar refractivity (Wildman–Crippen MR) is 107 cm³/mol. The van der Waals surface area contributed by atoms with E-state index in [1.54, 1.807) is 25.1 Å². The van der Waals surface area contributed by atoms with Crippen LogP contribution in [-0.4, -0.2) is 31.3 Å². The van der Waals surface area contributed by atoms with Gasteiger partial charge in [0, 0.05) is 23.3 Å². The molecule has 0 aliphatic carbocycles. The van der Waals surface area contributed by atoms with Crippen molar-refractivity contribution in [1.29, 1.82) is 0 Å². The smallest absolute Gasteiger partial charge is 0.261 e. The van der Waals surface area contributed by atoms with Crippen LogP contribution in [0.1, 0.15) is 49.0 Å². The number of amides is 1. The summed E-state index contributed by atoms with van der Waals surface area (Å²) in [5.74, 6) is -0.681.